The zero-order valence-electron chi connectivity index (χ0n) is 11.4. The first kappa shape index (κ1) is 14.1. The van der Waals surface area contributed by atoms with Crippen molar-refractivity contribution in [2.45, 2.75) is 19.8 Å². The van der Waals surface area contributed by atoms with E-state index in [0.29, 0.717) is 12.8 Å². The van der Waals surface area contributed by atoms with Crippen molar-refractivity contribution >= 4 is 5.97 Å². The highest BCUT2D eigenvalue weighted by molar-refractivity contribution is 5.71. The molecule has 0 radical (unpaired) electrons. The average molecular weight is 270 g/mol. The Labute approximate surface area is 118 Å². The minimum atomic E-state index is -0.811. The number of carboxylic acids is 1. The van der Waals surface area contributed by atoms with Gasteiger partial charge in [0.15, 0.2) is 0 Å². The first-order valence-electron chi connectivity index (χ1n) is 6.61. The maximum Gasteiger partial charge on any atom is 0.307 e. The molecule has 0 fully saturated rings. The predicted octanol–water partition coefficient (Wildman–Crippen LogP) is 3.19. The third-order valence-electron chi connectivity index (χ3n) is 3.34. The molecule has 2 N–H and O–H groups in total. The summed E-state index contributed by atoms with van der Waals surface area (Å²) < 4.78 is 0. The van der Waals surface area contributed by atoms with Gasteiger partial charge < -0.3 is 10.2 Å². The van der Waals surface area contributed by atoms with Crippen LogP contribution >= 0.6 is 0 Å². The molecule has 0 heterocycles. The van der Waals surface area contributed by atoms with Crippen molar-refractivity contribution in [2.24, 2.45) is 5.92 Å². The second-order valence-corrected chi connectivity index (χ2v) is 5.10. The maximum absolute atomic E-state index is 11.4. The van der Waals surface area contributed by atoms with Crippen LogP contribution in [0.1, 0.15) is 16.7 Å². The number of aryl methyl sites for hydroxylation is 1. The molecule has 2 aromatic carbocycles. The summed E-state index contributed by atoms with van der Waals surface area (Å²) in [6.45, 7) is 2.01. The average Bonchev–Trinajstić information content (AvgIpc) is 2.40. The van der Waals surface area contributed by atoms with Crippen molar-refractivity contribution in [3.63, 3.8) is 0 Å². The van der Waals surface area contributed by atoms with Crippen LogP contribution in [0.4, 0.5) is 0 Å². The second kappa shape index (κ2) is 6.24. The highest BCUT2D eigenvalue weighted by Crippen LogP contribution is 2.18. The minimum absolute atomic E-state index is 0.168. The number of phenols is 1. The van der Waals surface area contributed by atoms with Gasteiger partial charge in [0.25, 0.3) is 0 Å². The van der Waals surface area contributed by atoms with Crippen LogP contribution in [0.15, 0.2) is 48.5 Å². The highest BCUT2D eigenvalue weighted by atomic mass is 16.4. The van der Waals surface area contributed by atoms with Gasteiger partial charge in [-0.3, -0.25) is 4.79 Å². The lowest BCUT2D eigenvalue weighted by Crippen LogP contribution is -2.19. The lowest BCUT2D eigenvalue weighted by Gasteiger charge is -2.13. The quantitative estimate of drug-likeness (QED) is 0.877. The van der Waals surface area contributed by atoms with Crippen LogP contribution in [-0.2, 0) is 17.6 Å². The van der Waals surface area contributed by atoms with E-state index in [1.807, 2.05) is 37.3 Å². The van der Waals surface area contributed by atoms with Crippen molar-refractivity contribution in [1.29, 1.82) is 0 Å². The predicted molar refractivity (Wildman–Crippen MR) is 77.8 cm³/mol. The van der Waals surface area contributed by atoms with E-state index in [0.717, 1.165) is 16.7 Å². The molecule has 0 aliphatic heterocycles. The number of carboxylic acid groups (broad SMARTS) is 1. The molecule has 0 saturated heterocycles. The Hall–Kier alpha value is -2.29. The lowest BCUT2D eigenvalue weighted by atomic mass is 9.92. The third kappa shape index (κ3) is 3.85. The van der Waals surface area contributed by atoms with Gasteiger partial charge in [-0.05, 0) is 43.0 Å². The van der Waals surface area contributed by atoms with Crippen molar-refractivity contribution < 1.29 is 15.0 Å². The number of benzene rings is 2. The number of carbonyl (C=O) groups is 1. The molecule has 0 aliphatic carbocycles. The maximum atomic E-state index is 11.4. The number of aromatic hydroxyl groups is 1. The fourth-order valence-corrected chi connectivity index (χ4v) is 2.22. The van der Waals surface area contributed by atoms with Crippen LogP contribution in [-0.4, -0.2) is 16.2 Å². The van der Waals surface area contributed by atoms with Crippen LogP contribution in [0.3, 0.4) is 0 Å². The second-order valence-electron chi connectivity index (χ2n) is 5.10. The van der Waals surface area contributed by atoms with Gasteiger partial charge in [-0.25, -0.2) is 0 Å². The van der Waals surface area contributed by atoms with E-state index in [1.165, 1.54) is 0 Å². The molecule has 2 rings (SSSR count). The monoisotopic (exact) mass is 270 g/mol. The van der Waals surface area contributed by atoms with Crippen LogP contribution < -0.4 is 0 Å². The summed E-state index contributed by atoms with van der Waals surface area (Å²) in [7, 11) is 0. The van der Waals surface area contributed by atoms with Crippen LogP contribution in [0, 0.1) is 12.8 Å². The molecule has 0 aliphatic rings. The standard InChI is InChI=1S/C17H18O3/c1-12-5-7-13(8-6-12)9-15(17(19)20)10-14-3-2-4-16(18)11-14/h2-8,11,15,18H,9-10H2,1H3,(H,19,20). The van der Waals surface area contributed by atoms with E-state index in [9.17, 15) is 15.0 Å². The molecular weight excluding hydrogens is 252 g/mol. The summed E-state index contributed by atoms with van der Waals surface area (Å²) >= 11 is 0. The first-order chi connectivity index (χ1) is 9.54. The molecular formula is C17H18O3. The van der Waals surface area contributed by atoms with E-state index in [-0.39, 0.29) is 5.75 Å². The fourth-order valence-electron chi connectivity index (χ4n) is 2.22. The summed E-state index contributed by atoms with van der Waals surface area (Å²) in [5.41, 5.74) is 3.02. The van der Waals surface area contributed by atoms with Gasteiger partial charge in [0.05, 0.1) is 5.92 Å². The molecule has 0 amide bonds. The number of hydrogen-bond donors (Lipinski definition) is 2. The zero-order chi connectivity index (χ0) is 14.5. The van der Waals surface area contributed by atoms with Crippen LogP contribution in [0.2, 0.25) is 0 Å². The Bertz CT molecular complexity index is 587. The fraction of sp³-hybridized carbons (Fsp3) is 0.235. The highest BCUT2D eigenvalue weighted by Gasteiger charge is 2.18. The van der Waals surface area contributed by atoms with E-state index in [2.05, 4.69) is 0 Å². The largest absolute Gasteiger partial charge is 0.508 e. The molecule has 20 heavy (non-hydrogen) atoms. The lowest BCUT2D eigenvalue weighted by molar-refractivity contribution is -0.141. The molecule has 0 spiro atoms. The summed E-state index contributed by atoms with van der Waals surface area (Å²) in [6, 6.07) is 14.7. The minimum Gasteiger partial charge on any atom is -0.508 e. The molecule has 1 unspecified atom stereocenters. The smallest absolute Gasteiger partial charge is 0.307 e. The van der Waals surface area contributed by atoms with E-state index in [4.69, 9.17) is 0 Å². The van der Waals surface area contributed by atoms with Crippen molar-refractivity contribution in [2.75, 3.05) is 0 Å². The summed E-state index contributed by atoms with van der Waals surface area (Å²) in [6.07, 6.45) is 0.906. The van der Waals surface area contributed by atoms with E-state index >= 15 is 0 Å². The molecule has 2 aromatic rings. The van der Waals surface area contributed by atoms with Gasteiger partial charge in [-0.15, -0.1) is 0 Å². The van der Waals surface area contributed by atoms with Gasteiger partial charge in [0.1, 0.15) is 5.75 Å². The molecule has 0 aromatic heterocycles. The van der Waals surface area contributed by atoms with Gasteiger partial charge in [0, 0.05) is 0 Å². The van der Waals surface area contributed by atoms with Gasteiger partial charge in [-0.1, -0.05) is 42.0 Å². The Kier molecular flexibility index (Phi) is 4.41. The Morgan fingerprint density at radius 3 is 2.30 bits per heavy atom. The van der Waals surface area contributed by atoms with E-state index < -0.39 is 11.9 Å². The Morgan fingerprint density at radius 1 is 1.05 bits per heavy atom. The number of phenolic OH excluding ortho intramolecular Hbond substituents is 1. The normalized spacial score (nSPS) is 12.1. The van der Waals surface area contributed by atoms with Crippen LogP contribution in [0.5, 0.6) is 5.75 Å². The van der Waals surface area contributed by atoms with Crippen molar-refractivity contribution in [3.05, 3.63) is 65.2 Å². The summed E-state index contributed by atoms with van der Waals surface area (Å²) in [5, 5.41) is 18.8. The molecule has 1 atom stereocenters. The molecule has 3 heteroatoms. The first-order valence-corrected chi connectivity index (χ1v) is 6.61. The summed E-state index contributed by atoms with van der Waals surface area (Å²) in [5.74, 6) is -1.13. The molecule has 104 valence electrons. The topological polar surface area (TPSA) is 57.5 Å². The van der Waals surface area contributed by atoms with Crippen molar-refractivity contribution in [3.8, 4) is 5.75 Å². The molecule has 3 nitrogen and oxygen atoms in total. The summed E-state index contributed by atoms with van der Waals surface area (Å²) in [4.78, 5) is 11.4. The van der Waals surface area contributed by atoms with Crippen molar-refractivity contribution in [1.82, 2.24) is 0 Å². The number of aliphatic carboxylic acids is 1. The van der Waals surface area contributed by atoms with Gasteiger partial charge in [-0.2, -0.15) is 0 Å². The number of rotatable bonds is 5. The Morgan fingerprint density at radius 2 is 1.70 bits per heavy atom. The third-order valence-corrected chi connectivity index (χ3v) is 3.34. The Balaban J connectivity index is 2.11. The molecule has 0 bridgehead atoms. The number of hydrogen-bond acceptors (Lipinski definition) is 2. The zero-order valence-corrected chi connectivity index (χ0v) is 11.4. The van der Waals surface area contributed by atoms with Gasteiger partial charge in [0.2, 0.25) is 0 Å². The molecule has 0 saturated carbocycles. The van der Waals surface area contributed by atoms with E-state index in [1.54, 1.807) is 18.2 Å². The van der Waals surface area contributed by atoms with Crippen LogP contribution in [0.25, 0.3) is 0 Å². The SMILES string of the molecule is Cc1ccc(CC(Cc2cccc(O)c2)C(=O)O)cc1. The van der Waals surface area contributed by atoms with Gasteiger partial charge >= 0.3 is 5.97 Å².